The Bertz CT molecular complexity index is 1240. The van der Waals surface area contributed by atoms with Crippen LogP contribution in [0.15, 0.2) is 42.6 Å². The quantitative estimate of drug-likeness (QED) is 0.429. The number of carbonyl (C=O) groups is 3. The molecular formula is C23H22N4O4. The number of anilines is 2. The Hall–Kier alpha value is -4.07. The van der Waals surface area contributed by atoms with Crippen molar-refractivity contribution in [2.75, 3.05) is 5.32 Å². The lowest BCUT2D eigenvalue weighted by Crippen LogP contribution is -2.17. The smallest absolute Gasteiger partial charge is 0.335 e. The number of aromatic carboxylic acids is 1. The van der Waals surface area contributed by atoms with Gasteiger partial charge in [-0.15, -0.1) is 0 Å². The van der Waals surface area contributed by atoms with Gasteiger partial charge in [-0.05, 0) is 56.2 Å². The third-order valence-electron chi connectivity index (χ3n) is 4.93. The number of primary amides is 1. The van der Waals surface area contributed by atoms with Crippen molar-refractivity contribution in [2.45, 2.75) is 26.7 Å². The summed E-state index contributed by atoms with van der Waals surface area (Å²) in [6.45, 7) is 4.77. The predicted octanol–water partition coefficient (Wildman–Crippen LogP) is 3.80. The van der Waals surface area contributed by atoms with Crippen molar-refractivity contribution in [3.05, 3.63) is 64.8 Å². The average molecular weight is 418 g/mol. The van der Waals surface area contributed by atoms with E-state index in [9.17, 15) is 19.5 Å². The van der Waals surface area contributed by atoms with Crippen molar-refractivity contribution in [2.24, 2.45) is 5.73 Å². The number of nitrogens with zero attached hydrogens (tertiary/aromatic N) is 1. The molecule has 5 N–H and O–H groups in total. The van der Waals surface area contributed by atoms with Crippen LogP contribution in [0.1, 0.15) is 51.6 Å². The SMILES string of the molecule is CC(=N)C(C(C)=O)c1ccc2c(Nc3cc(C)cc(C(=O)O)c3)c(C(N)=O)cnc2c1. The number of carboxylic acid groups (broad SMARTS) is 1. The number of pyridine rings is 1. The van der Waals surface area contributed by atoms with Crippen LogP contribution in [-0.2, 0) is 4.79 Å². The lowest BCUT2D eigenvalue weighted by molar-refractivity contribution is -0.117. The highest BCUT2D eigenvalue weighted by atomic mass is 16.4. The predicted molar refractivity (Wildman–Crippen MR) is 119 cm³/mol. The molecule has 0 aliphatic carbocycles. The Kier molecular flexibility index (Phi) is 5.83. The summed E-state index contributed by atoms with van der Waals surface area (Å²) < 4.78 is 0. The molecule has 1 atom stereocenters. The van der Waals surface area contributed by atoms with Gasteiger partial charge in [-0.1, -0.05) is 12.1 Å². The number of hydrogen-bond donors (Lipinski definition) is 4. The third kappa shape index (κ3) is 4.42. The molecule has 0 aliphatic heterocycles. The molecule has 2 aromatic carbocycles. The Balaban J connectivity index is 2.18. The lowest BCUT2D eigenvalue weighted by Gasteiger charge is -2.17. The van der Waals surface area contributed by atoms with Gasteiger partial charge in [-0.2, -0.15) is 0 Å². The lowest BCUT2D eigenvalue weighted by atomic mass is 9.90. The number of hydrogen-bond acceptors (Lipinski definition) is 6. The van der Waals surface area contributed by atoms with Gasteiger partial charge in [0.25, 0.3) is 5.91 Å². The van der Waals surface area contributed by atoms with Crippen LogP contribution in [0.3, 0.4) is 0 Å². The van der Waals surface area contributed by atoms with E-state index < -0.39 is 17.8 Å². The number of nitrogens with one attached hydrogen (secondary N) is 2. The van der Waals surface area contributed by atoms with E-state index in [1.165, 1.54) is 19.2 Å². The van der Waals surface area contributed by atoms with E-state index in [4.69, 9.17) is 11.1 Å². The maximum atomic E-state index is 12.0. The number of carboxylic acids is 1. The molecular weight excluding hydrogens is 396 g/mol. The fourth-order valence-corrected chi connectivity index (χ4v) is 3.62. The first kappa shape index (κ1) is 21.6. The van der Waals surface area contributed by atoms with Crippen LogP contribution in [0.25, 0.3) is 10.9 Å². The molecule has 31 heavy (non-hydrogen) atoms. The minimum Gasteiger partial charge on any atom is -0.478 e. The van der Waals surface area contributed by atoms with Crippen LogP contribution in [0.2, 0.25) is 0 Å². The number of ketones is 1. The molecule has 1 amide bonds. The highest BCUT2D eigenvalue weighted by Gasteiger charge is 2.21. The number of benzene rings is 2. The fraction of sp³-hybridized carbons (Fsp3) is 0.174. The van der Waals surface area contributed by atoms with Crippen LogP contribution in [0.4, 0.5) is 11.4 Å². The van der Waals surface area contributed by atoms with E-state index in [1.54, 1.807) is 44.2 Å². The van der Waals surface area contributed by atoms with Gasteiger partial charge in [0.05, 0.1) is 28.2 Å². The highest BCUT2D eigenvalue weighted by molar-refractivity contribution is 6.10. The number of Topliss-reactive ketones (excluding diaryl/α,β-unsaturated/α-hetero) is 1. The highest BCUT2D eigenvalue weighted by Crippen LogP contribution is 2.32. The number of rotatable bonds is 7. The van der Waals surface area contributed by atoms with Gasteiger partial charge in [0, 0.05) is 23.0 Å². The molecule has 8 nitrogen and oxygen atoms in total. The molecule has 0 saturated heterocycles. The first-order valence-electron chi connectivity index (χ1n) is 9.48. The molecule has 0 bridgehead atoms. The molecule has 1 heterocycles. The summed E-state index contributed by atoms with van der Waals surface area (Å²) in [6, 6.07) is 9.88. The minimum absolute atomic E-state index is 0.106. The molecule has 0 radical (unpaired) electrons. The van der Waals surface area contributed by atoms with Gasteiger partial charge in [0.15, 0.2) is 0 Å². The van der Waals surface area contributed by atoms with E-state index in [2.05, 4.69) is 10.3 Å². The van der Waals surface area contributed by atoms with E-state index >= 15 is 0 Å². The van der Waals surface area contributed by atoms with Crippen molar-refractivity contribution in [3.63, 3.8) is 0 Å². The Morgan fingerprint density at radius 1 is 1.13 bits per heavy atom. The van der Waals surface area contributed by atoms with Gasteiger partial charge in [-0.3, -0.25) is 14.6 Å². The molecule has 0 fully saturated rings. The molecule has 0 aliphatic rings. The molecule has 0 spiro atoms. The van der Waals surface area contributed by atoms with Crippen LogP contribution in [0, 0.1) is 12.3 Å². The zero-order chi connectivity index (χ0) is 22.9. The largest absolute Gasteiger partial charge is 0.478 e. The molecule has 0 saturated carbocycles. The van der Waals surface area contributed by atoms with Gasteiger partial charge >= 0.3 is 5.97 Å². The van der Waals surface area contributed by atoms with Crippen LogP contribution >= 0.6 is 0 Å². The zero-order valence-electron chi connectivity index (χ0n) is 17.3. The Morgan fingerprint density at radius 2 is 1.84 bits per heavy atom. The van der Waals surface area contributed by atoms with Gasteiger partial charge < -0.3 is 21.6 Å². The van der Waals surface area contributed by atoms with E-state index in [0.717, 1.165) is 5.56 Å². The van der Waals surface area contributed by atoms with Crippen LogP contribution in [-0.4, -0.2) is 33.5 Å². The Labute approximate surface area is 178 Å². The molecule has 3 aromatic rings. The summed E-state index contributed by atoms with van der Waals surface area (Å²) >= 11 is 0. The van der Waals surface area contributed by atoms with Crippen molar-refractivity contribution >= 4 is 45.6 Å². The molecule has 1 unspecified atom stereocenters. The second-order valence-electron chi connectivity index (χ2n) is 7.43. The van der Waals surface area contributed by atoms with Gasteiger partial charge in [0.1, 0.15) is 5.78 Å². The summed E-state index contributed by atoms with van der Waals surface area (Å²) in [5, 5.41) is 20.9. The topological polar surface area (TPSA) is 146 Å². The molecule has 1 aromatic heterocycles. The second-order valence-corrected chi connectivity index (χ2v) is 7.43. The first-order valence-corrected chi connectivity index (χ1v) is 9.48. The van der Waals surface area contributed by atoms with Gasteiger partial charge in [0.2, 0.25) is 0 Å². The minimum atomic E-state index is -1.07. The fourth-order valence-electron chi connectivity index (χ4n) is 3.62. The van der Waals surface area contributed by atoms with Crippen LogP contribution in [0.5, 0.6) is 0 Å². The standard InChI is InChI=1S/C23H22N4O4/c1-11-6-15(23(30)31)8-16(7-11)27-21-17-5-4-14(20(12(2)24)13(3)28)9-19(17)26-10-18(21)22(25)29/h4-10,20,24H,1-3H3,(H2,25,29)(H,26,27)(H,30,31). The third-order valence-corrected chi connectivity index (χ3v) is 4.93. The van der Waals surface area contributed by atoms with E-state index in [-0.39, 0.29) is 22.6 Å². The summed E-state index contributed by atoms with van der Waals surface area (Å²) in [6.07, 6.45) is 1.34. The number of aryl methyl sites for hydroxylation is 1. The number of carbonyl (C=O) groups excluding carboxylic acids is 2. The maximum Gasteiger partial charge on any atom is 0.335 e. The summed E-state index contributed by atoms with van der Waals surface area (Å²) in [5.74, 6) is -2.58. The van der Waals surface area contributed by atoms with E-state index in [1.807, 2.05) is 0 Å². The summed E-state index contributed by atoms with van der Waals surface area (Å²) in [4.78, 5) is 39.7. The number of nitrogens with two attached hydrogens (primary N) is 1. The normalized spacial score (nSPS) is 11.7. The second kappa shape index (κ2) is 8.35. The number of fused-ring (bicyclic) bond motifs is 1. The number of amides is 1. The molecule has 8 heteroatoms. The van der Waals surface area contributed by atoms with E-state index in [0.29, 0.717) is 27.8 Å². The van der Waals surface area contributed by atoms with Gasteiger partial charge in [-0.25, -0.2) is 4.79 Å². The molecule has 3 rings (SSSR count). The van der Waals surface area contributed by atoms with Crippen LogP contribution < -0.4 is 11.1 Å². The maximum absolute atomic E-state index is 12.0. The Morgan fingerprint density at radius 3 is 2.42 bits per heavy atom. The number of aromatic nitrogens is 1. The van der Waals surface area contributed by atoms with Crippen molar-refractivity contribution in [1.29, 1.82) is 5.41 Å². The average Bonchev–Trinajstić information content (AvgIpc) is 2.66. The van der Waals surface area contributed by atoms with Crippen molar-refractivity contribution in [3.8, 4) is 0 Å². The summed E-state index contributed by atoms with van der Waals surface area (Å²) in [7, 11) is 0. The van der Waals surface area contributed by atoms with Crippen molar-refractivity contribution in [1.82, 2.24) is 4.98 Å². The van der Waals surface area contributed by atoms with Crippen molar-refractivity contribution < 1.29 is 19.5 Å². The first-order chi connectivity index (χ1) is 14.6. The zero-order valence-corrected chi connectivity index (χ0v) is 17.3. The monoisotopic (exact) mass is 418 g/mol. The summed E-state index contributed by atoms with van der Waals surface area (Å²) in [5.41, 5.74) is 8.74. The molecule has 158 valence electrons.